The molecule has 0 heterocycles. The van der Waals surface area contributed by atoms with Crippen LogP contribution >= 0.6 is 15.6 Å². The number of esters is 4. The maximum atomic E-state index is 13.1. The van der Waals surface area contributed by atoms with E-state index in [9.17, 15) is 43.2 Å². The molecule has 17 nitrogen and oxygen atoms in total. The van der Waals surface area contributed by atoms with Gasteiger partial charge in [-0.15, -0.1) is 0 Å². The Morgan fingerprint density at radius 2 is 0.520 bits per heavy atom. The van der Waals surface area contributed by atoms with Gasteiger partial charge in [-0.05, 0) is 43.4 Å². The zero-order valence-electron chi connectivity index (χ0n) is 64.3. The lowest BCUT2D eigenvalue weighted by Crippen LogP contribution is -2.30. The predicted octanol–water partition coefficient (Wildman–Crippen LogP) is 23.4. The van der Waals surface area contributed by atoms with Crippen LogP contribution in [0.1, 0.15) is 408 Å². The number of rotatable bonds is 77. The van der Waals surface area contributed by atoms with Crippen molar-refractivity contribution in [2.45, 2.75) is 426 Å². The lowest BCUT2D eigenvalue weighted by atomic mass is 9.99. The summed E-state index contributed by atoms with van der Waals surface area (Å²) in [6.07, 6.45) is 56.7. The van der Waals surface area contributed by atoms with Crippen LogP contribution in [-0.4, -0.2) is 96.7 Å². The van der Waals surface area contributed by atoms with Crippen molar-refractivity contribution in [1.29, 1.82) is 0 Å². The highest BCUT2D eigenvalue weighted by atomic mass is 31.2. The van der Waals surface area contributed by atoms with Gasteiger partial charge >= 0.3 is 39.5 Å². The Balaban J connectivity index is 5.24. The monoisotopic (exact) mass is 1440 g/mol. The third-order valence-electron chi connectivity index (χ3n) is 19.1. The number of phosphoric ester groups is 2. The van der Waals surface area contributed by atoms with Gasteiger partial charge in [0.15, 0.2) is 12.2 Å². The first-order valence-electron chi connectivity index (χ1n) is 40.9. The van der Waals surface area contributed by atoms with Crippen molar-refractivity contribution in [3.05, 3.63) is 0 Å². The SMILES string of the molecule is CCCCCCCCCCCC(=O)OC[C@H](COP(=O)(O)OC[C@H](O)COP(=O)(O)OC[C@@H](COC(=O)CCCCCCCCCCCCCCCCC(C)C)OC(=O)CCCCCCCCCCCCCCCCC(C)CC)OC(=O)CCCCCCCCCCCCC(C)CC. The molecule has 0 aliphatic heterocycles. The summed E-state index contributed by atoms with van der Waals surface area (Å²) in [5, 5.41) is 10.6. The second kappa shape index (κ2) is 69.4. The van der Waals surface area contributed by atoms with Crippen molar-refractivity contribution in [3.63, 3.8) is 0 Å². The van der Waals surface area contributed by atoms with E-state index in [0.717, 1.165) is 108 Å². The van der Waals surface area contributed by atoms with Crippen LogP contribution in [0.25, 0.3) is 0 Å². The van der Waals surface area contributed by atoms with Gasteiger partial charge in [-0.1, -0.05) is 357 Å². The molecule has 0 fully saturated rings. The minimum absolute atomic E-state index is 0.106. The Labute approximate surface area is 600 Å². The van der Waals surface area contributed by atoms with Crippen molar-refractivity contribution >= 4 is 39.5 Å². The number of aliphatic hydroxyl groups is 1. The normalized spacial score (nSPS) is 14.6. The van der Waals surface area contributed by atoms with E-state index >= 15 is 0 Å². The van der Waals surface area contributed by atoms with Crippen LogP contribution in [0.15, 0.2) is 0 Å². The minimum Gasteiger partial charge on any atom is -0.462 e. The van der Waals surface area contributed by atoms with Gasteiger partial charge in [0.25, 0.3) is 0 Å². The van der Waals surface area contributed by atoms with Gasteiger partial charge in [-0.25, -0.2) is 9.13 Å². The number of aliphatic hydroxyl groups excluding tert-OH is 1. The summed E-state index contributed by atoms with van der Waals surface area (Å²) in [7, 11) is -9.92. The molecule has 0 spiro atoms. The van der Waals surface area contributed by atoms with Gasteiger partial charge in [0.05, 0.1) is 26.4 Å². The quantitative estimate of drug-likeness (QED) is 0.0222. The molecule has 0 aromatic carbocycles. The summed E-state index contributed by atoms with van der Waals surface area (Å²) in [6.45, 7) is 12.0. The number of unbranched alkanes of at least 4 members (excludes halogenated alkanes) is 43. The zero-order chi connectivity index (χ0) is 72.3. The standard InChI is InChI=1S/C79H154O17P2/c1-8-11-12-13-14-29-39-46-53-60-76(81)89-66-74(96-79(84)63-56-49-42-35-28-27-32-38-45-52-59-72(7)10-3)68-93-97(85,86)91-64-73(80)65-92-98(87,88)94-69-75(67-90-77(82)61-54-47-40-33-25-21-17-15-19-23-30-36-43-50-57-70(4)5)95-78(83)62-55-48-41-34-26-22-18-16-20-24-31-37-44-51-58-71(6)9-2/h70-75,80H,8-69H2,1-7H3,(H,85,86)(H,87,88)/t71?,72?,73-,74+,75+/m0/s1. The molecular weight excluding hydrogens is 1280 g/mol. The number of carbonyl (C=O) groups is 4. The summed E-state index contributed by atoms with van der Waals surface area (Å²) in [5.74, 6) is 0.334. The Kier molecular flexibility index (Phi) is 68.1. The first kappa shape index (κ1) is 96.1. The molecule has 0 bridgehead atoms. The average molecular weight is 1440 g/mol. The number of carbonyl (C=O) groups excluding carboxylic acids is 4. The zero-order valence-corrected chi connectivity index (χ0v) is 66.0. The first-order valence-corrected chi connectivity index (χ1v) is 43.9. The lowest BCUT2D eigenvalue weighted by Gasteiger charge is -2.21. The van der Waals surface area contributed by atoms with E-state index in [2.05, 4.69) is 48.5 Å². The molecule has 0 saturated heterocycles. The van der Waals surface area contributed by atoms with Crippen LogP contribution in [0.2, 0.25) is 0 Å². The summed E-state index contributed by atoms with van der Waals surface area (Å²) in [6, 6.07) is 0. The van der Waals surface area contributed by atoms with Crippen molar-refractivity contribution in [2.24, 2.45) is 17.8 Å². The van der Waals surface area contributed by atoms with Crippen LogP contribution in [-0.2, 0) is 65.4 Å². The summed E-state index contributed by atoms with van der Waals surface area (Å²) in [4.78, 5) is 72.9. The fourth-order valence-corrected chi connectivity index (χ4v) is 13.6. The molecule has 0 aromatic rings. The first-order chi connectivity index (χ1) is 47.3. The lowest BCUT2D eigenvalue weighted by molar-refractivity contribution is -0.161. The number of phosphoric acid groups is 2. The van der Waals surface area contributed by atoms with Gasteiger partial charge < -0.3 is 33.8 Å². The number of hydrogen-bond donors (Lipinski definition) is 3. The molecule has 4 unspecified atom stereocenters. The topological polar surface area (TPSA) is 237 Å². The van der Waals surface area contributed by atoms with E-state index < -0.39 is 97.5 Å². The molecule has 0 aromatic heterocycles. The Hall–Kier alpha value is -1.94. The highest BCUT2D eigenvalue weighted by Gasteiger charge is 2.30. The predicted molar refractivity (Wildman–Crippen MR) is 400 cm³/mol. The van der Waals surface area contributed by atoms with Crippen LogP contribution in [0.4, 0.5) is 0 Å². The largest absolute Gasteiger partial charge is 0.472 e. The highest BCUT2D eigenvalue weighted by molar-refractivity contribution is 7.47. The van der Waals surface area contributed by atoms with Crippen molar-refractivity contribution < 1.29 is 80.2 Å². The van der Waals surface area contributed by atoms with Gasteiger partial charge in [0.2, 0.25) is 0 Å². The molecule has 19 heteroatoms. The van der Waals surface area contributed by atoms with Crippen molar-refractivity contribution in [2.75, 3.05) is 39.6 Å². The molecule has 3 N–H and O–H groups in total. The van der Waals surface area contributed by atoms with Gasteiger partial charge in [-0.3, -0.25) is 37.3 Å². The maximum absolute atomic E-state index is 13.1. The molecule has 0 amide bonds. The second-order valence-corrected chi connectivity index (χ2v) is 32.3. The van der Waals surface area contributed by atoms with E-state index in [1.54, 1.807) is 0 Å². The van der Waals surface area contributed by atoms with Crippen molar-refractivity contribution in [1.82, 2.24) is 0 Å². The van der Waals surface area contributed by atoms with E-state index in [1.165, 1.54) is 218 Å². The molecule has 0 aliphatic rings. The Bertz CT molecular complexity index is 1910. The highest BCUT2D eigenvalue weighted by Crippen LogP contribution is 2.45. The fourth-order valence-electron chi connectivity index (χ4n) is 12.1. The maximum Gasteiger partial charge on any atom is 0.472 e. The Morgan fingerprint density at radius 1 is 0.296 bits per heavy atom. The number of hydrogen-bond acceptors (Lipinski definition) is 15. The molecule has 582 valence electrons. The van der Waals surface area contributed by atoms with E-state index in [0.29, 0.717) is 25.7 Å². The van der Waals surface area contributed by atoms with Crippen molar-refractivity contribution in [3.8, 4) is 0 Å². The molecule has 0 aliphatic carbocycles. The van der Waals surface area contributed by atoms with E-state index in [-0.39, 0.29) is 25.7 Å². The molecular formula is C79H154O17P2. The average Bonchev–Trinajstić information content (AvgIpc) is 1.05. The number of ether oxygens (including phenoxy) is 4. The summed E-state index contributed by atoms with van der Waals surface area (Å²) in [5.41, 5.74) is 0. The molecule has 98 heavy (non-hydrogen) atoms. The molecule has 7 atom stereocenters. The summed E-state index contributed by atoms with van der Waals surface area (Å²) >= 11 is 0. The fraction of sp³-hybridized carbons (Fsp3) is 0.949. The van der Waals surface area contributed by atoms with E-state index in [4.69, 9.17) is 37.0 Å². The van der Waals surface area contributed by atoms with E-state index in [1.807, 2.05) is 0 Å². The van der Waals surface area contributed by atoms with Gasteiger partial charge in [-0.2, -0.15) is 0 Å². The molecule has 0 rings (SSSR count). The Morgan fingerprint density at radius 3 is 0.776 bits per heavy atom. The molecule has 0 radical (unpaired) electrons. The van der Waals surface area contributed by atoms with Crippen LogP contribution < -0.4 is 0 Å². The smallest absolute Gasteiger partial charge is 0.462 e. The van der Waals surface area contributed by atoms with Crippen LogP contribution in [0.5, 0.6) is 0 Å². The molecule has 0 saturated carbocycles. The third-order valence-corrected chi connectivity index (χ3v) is 21.0. The van der Waals surface area contributed by atoms with Gasteiger partial charge in [0.1, 0.15) is 19.3 Å². The van der Waals surface area contributed by atoms with Crippen LogP contribution in [0, 0.1) is 17.8 Å². The van der Waals surface area contributed by atoms with Gasteiger partial charge in [0, 0.05) is 25.7 Å². The third kappa shape index (κ3) is 69.8. The van der Waals surface area contributed by atoms with Crippen LogP contribution in [0.3, 0.4) is 0 Å². The summed E-state index contributed by atoms with van der Waals surface area (Å²) < 4.78 is 68.6. The minimum atomic E-state index is -4.96. The second-order valence-electron chi connectivity index (χ2n) is 29.4.